The average molecular weight is 314 g/mol. The first-order valence-electron chi connectivity index (χ1n) is 8.29. The molecule has 2 fully saturated rings. The Hall–Kier alpha value is -1.69. The van der Waals surface area contributed by atoms with Crippen LogP contribution in [0.5, 0.6) is 0 Å². The van der Waals surface area contributed by atoms with Crippen molar-refractivity contribution in [3.8, 4) is 0 Å². The number of nitrogens with zero attached hydrogens (tertiary/aromatic N) is 2. The predicted octanol–water partition coefficient (Wildman–Crippen LogP) is 2.62. The summed E-state index contributed by atoms with van der Waals surface area (Å²) in [6.45, 7) is 3.16. The van der Waals surface area contributed by atoms with Crippen molar-refractivity contribution in [3.63, 3.8) is 0 Å². The molecule has 4 rings (SSSR count). The lowest BCUT2D eigenvalue weighted by molar-refractivity contribution is -0.0820. The first-order chi connectivity index (χ1) is 11.4. The van der Waals surface area contributed by atoms with Crippen LogP contribution >= 0.6 is 0 Å². The van der Waals surface area contributed by atoms with Crippen molar-refractivity contribution >= 4 is 0 Å². The highest BCUT2D eigenvalue weighted by Gasteiger charge is 2.44. The monoisotopic (exact) mass is 314 g/mol. The fourth-order valence-corrected chi connectivity index (χ4v) is 3.62. The van der Waals surface area contributed by atoms with Gasteiger partial charge in [-0.1, -0.05) is 0 Å². The maximum Gasteiger partial charge on any atom is 0.117 e. The number of hydrogen-bond acceptors (Lipinski definition) is 5. The van der Waals surface area contributed by atoms with E-state index in [1.54, 1.807) is 18.7 Å². The van der Waals surface area contributed by atoms with Crippen LogP contribution in [0.2, 0.25) is 0 Å². The summed E-state index contributed by atoms with van der Waals surface area (Å²) in [5.74, 6) is 1.00. The van der Waals surface area contributed by atoms with Gasteiger partial charge in [-0.15, -0.1) is 0 Å². The number of ether oxygens (including phenoxy) is 2. The second kappa shape index (κ2) is 6.83. The van der Waals surface area contributed by atoms with Crippen molar-refractivity contribution in [2.24, 2.45) is 0 Å². The zero-order chi connectivity index (χ0) is 15.5. The Morgan fingerprint density at radius 2 is 2.17 bits per heavy atom. The molecular formula is C18H22N2O3. The first-order valence-corrected chi connectivity index (χ1v) is 8.29. The summed E-state index contributed by atoms with van der Waals surface area (Å²) in [4.78, 5) is 6.49. The van der Waals surface area contributed by atoms with Crippen LogP contribution in [-0.2, 0) is 22.6 Å². The van der Waals surface area contributed by atoms with Crippen molar-refractivity contribution in [2.75, 3.05) is 13.2 Å². The summed E-state index contributed by atoms with van der Waals surface area (Å²) in [5.41, 5.74) is 1.15. The van der Waals surface area contributed by atoms with Gasteiger partial charge in [0.25, 0.3) is 0 Å². The molecule has 0 aromatic carbocycles. The van der Waals surface area contributed by atoms with Crippen molar-refractivity contribution in [1.82, 2.24) is 9.88 Å². The number of fused-ring (bicyclic) bond motifs is 1. The van der Waals surface area contributed by atoms with Crippen molar-refractivity contribution in [1.29, 1.82) is 0 Å². The summed E-state index contributed by atoms with van der Waals surface area (Å²) < 4.78 is 17.7. The largest absolute Gasteiger partial charge is 0.468 e. The molecule has 2 saturated heterocycles. The Bertz CT molecular complexity index is 602. The van der Waals surface area contributed by atoms with Crippen LogP contribution in [0, 0.1) is 0 Å². The maximum absolute atomic E-state index is 6.18. The van der Waals surface area contributed by atoms with E-state index in [-0.39, 0.29) is 12.2 Å². The van der Waals surface area contributed by atoms with Gasteiger partial charge >= 0.3 is 0 Å². The number of aromatic nitrogens is 1. The van der Waals surface area contributed by atoms with Crippen molar-refractivity contribution in [3.05, 3.63) is 54.2 Å². The number of hydrogen-bond donors (Lipinski definition) is 0. The third-order valence-electron chi connectivity index (χ3n) is 4.74. The van der Waals surface area contributed by atoms with Gasteiger partial charge in [0.15, 0.2) is 0 Å². The molecule has 0 N–H and O–H groups in total. The molecule has 0 saturated carbocycles. The molecular weight excluding hydrogens is 292 g/mol. The third-order valence-corrected chi connectivity index (χ3v) is 4.74. The minimum absolute atomic E-state index is 0.114. The van der Waals surface area contributed by atoms with E-state index < -0.39 is 0 Å². The lowest BCUT2D eigenvalue weighted by atomic mass is 10.0. The van der Waals surface area contributed by atoms with Crippen LogP contribution in [0.3, 0.4) is 0 Å². The van der Waals surface area contributed by atoms with E-state index in [4.69, 9.17) is 13.9 Å². The third kappa shape index (κ3) is 3.32. The van der Waals surface area contributed by atoms with Gasteiger partial charge in [-0.2, -0.15) is 0 Å². The number of furan rings is 1. The molecule has 2 aliphatic heterocycles. The molecule has 0 radical (unpaired) electrons. The number of rotatable bonds is 5. The molecule has 3 atom stereocenters. The zero-order valence-corrected chi connectivity index (χ0v) is 13.1. The topological polar surface area (TPSA) is 47.7 Å². The molecule has 2 aromatic heterocycles. The Morgan fingerprint density at radius 3 is 3.00 bits per heavy atom. The summed E-state index contributed by atoms with van der Waals surface area (Å²) in [6.07, 6.45) is 7.90. The normalized spacial score (nSPS) is 27.9. The Balaban J connectivity index is 1.42. The van der Waals surface area contributed by atoms with E-state index >= 15 is 0 Å². The van der Waals surface area contributed by atoms with Gasteiger partial charge in [-0.05, 0) is 42.7 Å². The highest BCUT2D eigenvalue weighted by Crippen LogP contribution is 2.32. The van der Waals surface area contributed by atoms with E-state index in [0.717, 1.165) is 37.4 Å². The molecule has 0 unspecified atom stereocenters. The van der Waals surface area contributed by atoms with Crippen LogP contribution in [0.1, 0.15) is 24.2 Å². The Kier molecular flexibility index (Phi) is 4.41. The number of pyridine rings is 1. The maximum atomic E-state index is 6.18. The van der Waals surface area contributed by atoms with Gasteiger partial charge < -0.3 is 13.9 Å². The standard InChI is InChI=1S/C18H22N2O3/c1-3-15(21-9-1)11-20-12-17(18-16(20)4-2-10-22-18)23-13-14-5-7-19-8-6-14/h1,3,5-9,16-18H,2,4,10-13H2/t16-,17+,18+/m1/s1. The van der Waals surface area contributed by atoms with E-state index in [0.29, 0.717) is 12.6 Å². The Labute approximate surface area is 136 Å². The second-order valence-electron chi connectivity index (χ2n) is 6.26. The van der Waals surface area contributed by atoms with E-state index in [1.165, 1.54) is 6.42 Å². The van der Waals surface area contributed by atoms with Crippen LogP contribution in [0.15, 0.2) is 47.3 Å². The summed E-state index contributed by atoms with van der Waals surface area (Å²) >= 11 is 0. The van der Waals surface area contributed by atoms with Gasteiger partial charge in [0.2, 0.25) is 0 Å². The lowest BCUT2D eigenvalue weighted by Gasteiger charge is -2.32. The van der Waals surface area contributed by atoms with E-state index in [9.17, 15) is 0 Å². The zero-order valence-electron chi connectivity index (χ0n) is 13.1. The molecule has 2 aromatic rings. The van der Waals surface area contributed by atoms with Gasteiger partial charge in [-0.3, -0.25) is 9.88 Å². The van der Waals surface area contributed by atoms with Crippen molar-refractivity contribution in [2.45, 2.75) is 44.2 Å². The molecule has 0 bridgehead atoms. The molecule has 0 amide bonds. The molecule has 2 aliphatic rings. The molecule has 23 heavy (non-hydrogen) atoms. The van der Waals surface area contributed by atoms with Crippen molar-refractivity contribution < 1.29 is 13.9 Å². The number of likely N-dealkylation sites (tertiary alicyclic amines) is 1. The van der Waals surface area contributed by atoms with Crippen LogP contribution in [0.25, 0.3) is 0 Å². The SMILES string of the molecule is c1coc(CN2C[C@H](OCc3ccncc3)[C@H]3OCCC[C@H]32)c1. The predicted molar refractivity (Wildman–Crippen MR) is 84.7 cm³/mol. The molecule has 0 aliphatic carbocycles. The van der Waals surface area contributed by atoms with Gasteiger partial charge in [0.1, 0.15) is 11.9 Å². The second-order valence-corrected chi connectivity index (χ2v) is 6.26. The first kappa shape index (κ1) is 14.9. The molecule has 122 valence electrons. The van der Waals surface area contributed by atoms with E-state index in [1.807, 2.05) is 24.3 Å². The van der Waals surface area contributed by atoms with Crippen LogP contribution in [0.4, 0.5) is 0 Å². The summed E-state index contributed by atoms with van der Waals surface area (Å²) in [5, 5.41) is 0. The van der Waals surface area contributed by atoms with E-state index in [2.05, 4.69) is 9.88 Å². The lowest BCUT2D eigenvalue weighted by Crippen LogP contribution is -2.41. The highest BCUT2D eigenvalue weighted by atomic mass is 16.5. The average Bonchev–Trinajstić information content (AvgIpc) is 3.23. The molecule has 0 spiro atoms. The summed E-state index contributed by atoms with van der Waals surface area (Å²) in [7, 11) is 0. The molecule has 5 heteroatoms. The minimum Gasteiger partial charge on any atom is -0.468 e. The van der Waals surface area contributed by atoms with Crippen LogP contribution in [-0.4, -0.2) is 41.3 Å². The minimum atomic E-state index is 0.114. The fourth-order valence-electron chi connectivity index (χ4n) is 3.62. The smallest absolute Gasteiger partial charge is 0.117 e. The molecule has 4 heterocycles. The highest BCUT2D eigenvalue weighted by molar-refractivity contribution is 5.09. The van der Waals surface area contributed by atoms with Gasteiger partial charge in [0.05, 0.1) is 25.5 Å². The molecule has 5 nitrogen and oxygen atoms in total. The fraction of sp³-hybridized carbons (Fsp3) is 0.500. The summed E-state index contributed by atoms with van der Waals surface area (Å²) in [6, 6.07) is 8.39. The Morgan fingerprint density at radius 1 is 1.26 bits per heavy atom. The quantitative estimate of drug-likeness (QED) is 0.849. The van der Waals surface area contributed by atoms with Crippen LogP contribution < -0.4 is 0 Å². The van der Waals surface area contributed by atoms with Gasteiger partial charge in [0, 0.05) is 31.6 Å². The van der Waals surface area contributed by atoms with Gasteiger partial charge in [-0.25, -0.2) is 0 Å².